The zero-order valence-electron chi connectivity index (χ0n) is 22.3. The van der Waals surface area contributed by atoms with E-state index >= 15 is 0 Å². The number of nitrogens with two attached hydrogens (primary N) is 1. The van der Waals surface area contributed by atoms with Gasteiger partial charge >= 0.3 is 5.97 Å². The predicted octanol–water partition coefficient (Wildman–Crippen LogP) is 7.16. The first-order valence-corrected chi connectivity index (χ1v) is 13.2. The van der Waals surface area contributed by atoms with E-state index in [0.717, 1.165) is 27.5 Å². The van der Waals surface area contributed by atoms with Gasteiger partial charge in [-0.1, -0.05) is 84.4 Å². The maximum absolute atomic E-state index is 13.1. The molecule has 0 aliphatic carbocycles. The molecule has 0 radical (unpaired) electrons. The van der Waals surface area contributed by atoms with E-state index in [2.05, 4.69) is 18.2 Å². The van der Waals surface area contributed by atoms with Crippen LogP contribution >= 0.6 is 0 Å². The van der Waals surface area contributed by atoms with Crippen LogP contribution in [0.5, 0.6) is 17.2 Å². The standard InChI is InChI=1S/C35H26N2O4/c1-22-12-14-23(15-13-22)21-39-26-9-4-8-25(18-26)33-30-17-16-27(19-32(30)41-34(37)31(33)20-36)40-35(38)29-11-5-7-24-6-2-3-10-28(24)29/h2-19,33H,21,37H2,1H3. The normalized spacial score (nSPS) is 14.1. The minimum Gasteiger partial charge on any atom is -0.489 e. The first-order valence-electron chi connectivity index (χ1n) is 13.2. The van der Waals surface area contributed by atoms with E-state index in [-0.39, 0.29) is 5.88 Å². The van der Waals surface area contributed by atoms with Crippen LogP contribution in [0, 0.1) is 18.3 Å². The lowest BCUT2D eigenvalue weighted by Crippen LogP contribution is -2.21. The van der Waals surface area contributed by atoms with E-state index in [9.17, 15) is 10.1 Å². The van der Waals surface area contributed by atoms with Crippen LogP contribution in [0.4, 0.5) is 0 Å². The number of fused-ring (bicyclic) bond motifs is 2. The lowest BCUT2D eigenvalue weighted by Gasteiger charge is -2.27. The maximum Gasteiger partial charge on any atom is 0.344 e. The van der Waals surface area contributed by atoms with E-state index < -0.39 is 11.9 Å². The van der Waals surface area contributed by atoms with Crippen molar-refractivity contribution < 1.29 is 19.0 Å². The van der Waals surface area contributed by atoms with E-state index in [1.165, 1.54) is 5.56 Å². The Kier molecular flexibility index (Phi) is 6.85. The van der Waals surface area contributed by atoms with Crippen molar-refractivity contribution in [3.63, 3.8) is 0 Å². The molecule has 200 valence electrons. The van der Waals surface area contributed by atoms with Crippen molar-refractivity contribution in [2.24, 2.45) is 5.73 Å². The Morgan fingerprint density at radius 1 is 0.902 bits per heavy atom. The molecule has 1 aliphatic heterocycles. The van der Waals surface area contributed by atoms with Gasteiger partial charge in [-0.3, -0.25) is 0 Å². The van der Waals surface area contributed by atoms with Gasteiger partial charge in [-0.25, -0.2) is 4.79 Å². The molecule has 2 N–H and O–H groups in total. The van der Waals surface area contributed by atoms with Crippen LogP contribution in [-0.2, 0) is 6.61 Å². The number of nitrogens with zero attached hydrogens (tertiary/aromatic N) is 1. The highest BCUT2D eigenvalue weighted by Crippen LogP contribution is 2.44. The Balaban J connectivity index is 1.28. The SMILES string of the molecule is Cc1ccc(COc2cccc(C3C(C#N)=C(N)Oc4cc(OC(=O)c5cccc6ccccc56)ccc43)c2)cc1. The lowest BCUT2D eigenvalue weighted by atomic mass is 9.83. The second kappa shape index (κ2) is 10.9. The Labute approximate surface area is 237 Å². The van der Waals surface area contributed by atoms with Gasteiger partial charge in [0, 0.05) is 11.6 Å². The number of benzene rings is 5. The van der Waals surface area contributed by atoms with Crippen LogP contribution in [0.25, 0.3) is 10.8 Å². The molecule has 6 heteroatoms. The fraction of sp³-hybridized carbons (Fsp3) is 0.0857. The molecule has 5 aromatic carbocycles. The van der Waals surface area contributed by atoms with Gasteiger partial charge in [0.2, 0.25) is 5.88 Å². The number of carbonyl (C=O) groups is 1. The molecular formula is C35H26N2O4. The Bertz CT molecular complexity index is 1850. The van der Waals surface area contributed by atoms with Crippen molar-refractivity contribution in [3.8, 4) is 23.3 Å². The number of nitriles is 1. The molecule has 1 unspecified atom stereocenters. The third kappa shape index (κ3) is 5.21. The smallest absolute Gasteiger partial charge is 0.344 e. The Morgan fingerprint density at radius 2 is 1.68 bits per heavy atom. The fourth-order valence-electron chi connectivity index (χ4n) is 5.04. The molecule has 0 spiro atoms. The summed E-state index contributed by atoms with van der Waals surface area (Å²) in [6, 6.07) is 36.3. The monoisotopic (exact) mass is 538 g/mol. The van der Waals surface area contributed by atoms with Gasteiger partial charge in [0.25, 0.3) is 0 Å². The first-order chi connectivity index (χ1) is 20.0. The molecule has 1 heterocycles. The highest BCUT2D eigenvalue weighted by atomic mass is 16.5. The minimum atomic E-state index is -0.478. The topological polar surface area (TPSA) is 94.6 Å². The molecule has 1 aliphatic rings. The van der Waals surface area contributed by atoms with Crippen LogP contribution in [0.2, 0.25) is 0 Å². The van der Waals surface area contributed by atoms with Gasteiger partial charge < -0.3 is 19.9 Å². The van der Waals surface area contributed by atoms with Gasteiger partial charge in [0.1, 0.15) is 35.5 Å². The number of hydrogen-bond acceptors (Lipinski definition) is 6. The quantitative estimate of drug-likeness (QED) is 0.182. The van der Waals surface area contributed by atoms with Crippen molar-refractivity contribution in [2.75, 3.05) is 0 Å². The zero-order valence-corrected chi connectivity index (χ0v) is 22.3. The lowest BCUT2D eigenvalue weighted by molar-refractivity contribution is 0.0736. The summed E-state index contributed by atoms with van der Waals surface area (Å²) in [5, 5.41) is 11.7. The molecule has 0 bridgehead atoms. The number of esters is 1. The summed E-state index contributed by atoms with van der Waals surface area (Å²) in [5.41, 5.74) is 10.8. The summed E-state index contributed by atoms with van der Waals surface area (Å²) >= 11 is 0. The molecule has 1 atom stereocenters. The first kappa shape index (κ1) is 25.7. The van der Waals surface area contributed by atoms with Gasteiger partial charge in [-0.05, 0) is 53.1 Å². The molecule has 6 rings (SSSR count). The van der Waals surface area contributed by atoms with Crippen LogP contribution in [0.1, 0.15) is 38.5 Å². The molecule has 41 heavy (non-hydrogen) atoms. The molecule has 0 amide bonds. The molecular weight excluding hydrogens is 512 g/mol. The number of ether oxygens (including phenoxy) is 3. The second-order valence-electron chi connectivity index (χ2n) is 9.89. The third-order valence-corrected chi connectivity index (χ3v) is 7.13. The summed E-state index contributed by atoms with van der Waals surface area (Å²) in [7, 11) is 0. The third-order valence-electron chi connectivity index (χ3n) is 7.13. The predicted molar refractivity (Wildman–Crippen MR) is 157 cm³/mol. The zero-order chi connectivity index (χ0) is 28.3. The number of carbonyl (C=O) groups excluding carboxylic acids is 1. The van der Waals surface area contributed by atoms with Gasteiger partial charge in [0.05, 0.1) is 11.5 Å². The van der Waals surface area contributed by atoms with Gasteiger partial charge in [-0.2, -0.15) is 5.26 Å². The average Bonchev–Trinajstić information content (AvgIpc) is 3.00. The second-order valence-corrected chi connectivity index (χ2v) is 9.89. The van der Waals surface area contributed by atoms with Crippen LogP contribution < -0.4 is 19.9 Å². The summed E-state index contributed by atoms with van der Waals surface area (Å²) in [6.07, 6.45) is 0. The summed E-state index contributed by atoms with van der Waals surface area (Å²) < 4.78 is 17.6. The van der Waals surface area contributed by atoms with Crippen LogP contribution in [0.15, 0.2) is 121 Å². The van der Waals surface area contributed by atoms with Crippen molar-refractivity contribution in [3.05, 3.63) is 148 Å². The van der Waals surface area contributed by atoms with E-state index in [1.54, 1.807) is 24.3 Å². The molecule has 0 saturated carbocycles. The van der Waals surface area contributed by atoms with Crippen molar-refractivity contribution in [1.29, 1.82) is 5.26 Å². The van der Waals surface area contributed by atoms with E-state index in [4.69, 9.17) is 19.9 Å². The molecule has 5 aromatic rings. The number of allylic oxidation sites excluding steroid dienone is 1. The van der Waals surface area contributed by atoms with Gasteiger partial charge in [-0.15, -0.1) is 0 Å². The van der Waals surface area contributed by atoms with Crippen molar-refractivity contribution in [2.45, 2.75) is 19.4 Å². The van der Waals surface area contributed by atoms with E-state index in [1.807, 2.05) is 79.7 Å². The number of hydrogen-bond donors (Lipinski definition) is 1. The maximum atomic E-state index is 13.1. The molecule has 0 aromatic heterocycles. The highest BCUT2D eigenvalue weighted by Gasteiger charge is 2.31. The fourth-order valence-corrected chi connectivity index (χ4v) is 5.04. The molecule has 6 nitrogen and oxygen atoms in total. The van der Waals surface area contributed by atoms with Crippen molar-refractivity contribution >= 4 is 16.7 Å². The summed E-state index contributed by atoms with van der Waals surface area (Å²) in [4.78, 5) is 13.1. The molecule has 0 saturated heterocycles. The Morgan fingerprint density at radius 3 is 2.51 bits per heavy atom. The van der Waals surface area contributed by atoms with Crippen molar-refractivity contribution in [1.82, 2.24) is 0 Å². The van der Waals surface area contributed by atoms with Crippen LogP contribution in [-0.4, -0.2) is 5.97 Å². The summed E-state index contributed by atoms with van der Waals surface area (Å²) in [6.45, 7) is 2.46. The average molecular weight is 539 g/mol. The molecule has 0 fully saturated rings. The highest BCUT2D eigenvalue weighted by molar-refractivity contribution is 6.05. The number of aryl methyl sites for hydroxylation is 1. The Hall–Kier alpha value is -5.54. The number of rotatable bonds is 6. The van der Waals surface area contributed by atoms with Crippen LogP contribution in [0.3, 0.4) is 0 Å². The van der Waals surface area contributed by atoms with E-state index in [0.29, 0.717) is 35.0 Å². The van der Waals surface area contributed by atoms with Gasteiger partial charge in [0.15, 0.2) is 0 Å². The minimum absolute atomic E-state index is 0.00788. The summed E-state index contributed by atoms with van der Waals surface area (Å²) in [5.74, 6) is 0.453. The largest absolute Gasteiger partial charge is 0.489 e.